The number of carbonyl (C=O) groups is 1. The molecule has 0 saturated heterocycles. The molecule has 3 nitrogen and oxygen atoms in total. The maximum atomic E-state index is 11.7. The zero-order valence-electron chi connectivity index (χ0n) is 12.2. The monoisotopic (exact) mass is 281 g/mol. The van der Waals surface area contributed by atoms with Crippen LogP contribution < -0.4 is 5.32 Å². The molecule has 0 unspecified atom stereocenters. The molecule has 0 aliphatic heterocycles. The van der Waals surface area contributed by atoms with E-state index >= 15 is 0 Å². The second-order valence-electron chi connectivity index (χ2n) is 4.91. The molecule has 0 aliphatic rings. The molecule has 1 rings (SSSR count). The van der Waals surface area contributed by atoms with Crippen LogP contribution in [0.25, 0.3) is 0 Å². The van der Waals surface area contributed by atoms with Crippen LogP contribution in [0.3, 0.4) is 0 Å². The first-order chi connectivity index (χ1) is 9.01. The van der Waals surface area contributed by atoms with Gasteiger partial charge in [0.05, 0.1) is 12.4 Å². The number of rotatable bonds is 7. The summed E-state index contributed by atoms with van der Waals surface area (Å²) >= 11 is 1.64. The fraction of sp³-hybridized carbons (Fsp3) is 0.533. The van der Waals surface area contributed by atoms with Gasteiger partial charge in [-0.15, -0.1) is 11.8 Å². The van der Waals surface area contributed by atoms with Gasteiger partial charge in [-0.3, -0.25) is 4.79 Å². The minimum Gasteiger partial charge on any atom is -0.383 e. The molecule has 0 bridgehead atoms. The SMILES string of the molecule is COC[C@H](C)NC(=O)CSCc1cc(C)cc(C)c1. The third-order valence-corrected chi connectivity index (χ3v) is 3.61. The van der Waals surface area contributed by atoms with Gasteiger partial charge in [0.25, 0.3) is 0 Å². The number of carbonyl (C=O) groups excluding carboxylic acids is 1. The number of hydrogen-bond donors (Lipinski definition) is 1. The van der Waals surface area contributed by atoms with Crippen molar-refractivity contribution in [3.63, 3.8) is 0 Å². The summed E-state index contributed by atoms with van der Waals surface area (Å²) in [5.74, 6) is 1.43. The summed E-state index contributed by atoms with van der Waals surface area (Å²) in [5.41, 5.74) is 3.82. The van der Waals surface area contributed by atoms with Crippen molar-refractivity contribution in [3.8, 4) is 0 Å². The second kappa shape index (κ2) is 8.23. The smallest absolute Gasteiger partial charge is 0.230 e. The summed E-state index contributed by atoms with van der Waals surface area (Å²) in [7, 11) is 1.64. The van der Waals surface area contributed by atoms with Crippen molar-refractivity contribution in [2.24, 2.45) is 0 Å². The molecular formula is C15H23NO2S. The van der Waals surface area contributed by atoms with Crippen LogP contribution in [0.1, 0.15) is 23.6 Å². The lowest BCUT2D eigenvalue weighted by molar-refractivity contribution is -0.119. The van der Waals surface area contributed by atoms with E-state index in [-0.39, 0.29) is 11.9 Å². The van der Waals surface area contributed by atoms with E-state index in [1.807, 2.05) is 6.92 Å². The predicted molar refractivity (Wildman–Crippen MR) is 81.6 cm³/mol. The van der Waals surface area contributed by atoms with Gasteiger partial charge in [-0.1, -0.05) is 29.3 Å². The first kappa shape index (κ1) is 16.1. The normalized spacial score (nSPS) is 12.2. The van der Waals surface area contributed by atoms with Crippen molar-refractivity contribution >= 4 is 17.7 Å². The van der Waals surface area contributed by atoms with E-state index in [0.29, 0.717) is 12.4 Å². The Kier molecular flexibility index (Phi) is 6.95. The highest BCUT2D eigenvalue weighted by Gasteiger charge is 2.07. The lowest BCUT2D eigenvalue weighted by atomic mass is 10.1. The molecule has 0 fully saturated rings. The summed E-state index contributed by atoms with van der Waals surface area (Å²) in [6.07, 6.45) is 0. The number of ether oxygens (including phenoxy) is 1. The maximum Gasteiger partial charge on any atom is 0.230 e. The van der Waals surface area contributed by atoms with Crippen molar-refractivity contribution in [2.45, 2.75) is 32.6 Å². The zero-order valence-corrected chi connectivity index (χ0v) is 13.0. The van der Waals surface area contributed by atoms with Crippen molar-refractivity contribution < 1.29 is 9.53 Å². The maximum absolute atomic E-state index is 11.7. The first-order valence-electron chi connectivity index (χ1n) is 6.44. The van der Waals surface area contributed by atoms with E-state index in [1.54, 1.807) is 18.9 Å². The molecule has 0 aliphatic carbocycles. The van der Waals surface area contributed by atoms with Crippen LogP contribution in [0.5, 0.6) is 0 Å². The van der Waals surface area contributed by atoms with Crippen molar-refractivity contribution in [1.82, 2.24) is 5.32 Å². The molecule has 0 spiro atoms. The highest BCUT2D eigenvalue weighted by molar-refractivity contribution is 7.99. The molecule has 1 atom stereocenters. The Labute approximate surface area is 120 Å². The summed E-state index contributed by atoms with van der Waals surface area (Å²) in [4.78, 5) is 11.7. The van der Waals surface area contributed by atoms with Gasteiger partial charge in [0.2, 0.25) is 5.91 Å². The Balaban J connectivity index is 2.31. The molecule has 4 heteroatoms. The standard InChI is InChI=1S/C15H23NO2S/c1-11-5-12(2)7-14(6-11)9-19-10-15(17)16-13(3)8-18-4/h5-7,13H,8-10H2,1-4H3,(H,16,17)/t13-/m0/s1. The fourth-order valence-electron chi connectivity index (χ4n) is 2.02. The molecule has 19 heavy (non-hydrogen) atoms. The number of methoxy groups -OCH3 is 1. The quantitative estimate of drug-likeness (QED) is 0.835. The Hall–Kier alpha value is -1.00. The van der Waals surface area contributed by atoms with E-state index in [1.165, 1.54) is 16.7 Å². The average molecular weight is 281 g/mol. The van der Waals surface area contributed by atoms with Crippen LogP contribution in [0.15, 0.2) is 18.2 Å². The number of hydrogen-bond acceptors (Lipinski definition) is 3. The Morgan fingerprint density at radius 1 is 1.32 bits per heavy atom. The molecule has 1 aromatic carbocycles. The van der Waals surface area contributed by atoms with Crippen LogP contribution >= 0.6 is 11.8 Å². The van der Waals surface area contributed by atoms with Gasteiger partial charge in [0.1, 0.15) is 0 Å². The Bertz CT molecular complexity index is 400. The van der Waals surface area contributed by atoms with Crippen molar-refractivity contribution in [3.05, 3.63) is 34.9 Å². The van der Waals surface area contributed by atoms with E-state index in [4.69, 9.17) is 4.74 Å². The van der Waals surface area contributed by atoms with Crippen LogP contribution in [-0.4, -0.2) is 31.4 Å². The van der Waals surface area contributed by atoms with E-state index in [2.05, 4.69) is 37.4 Å². The second-order valence-corrected chi connectivity index (χ2v) is 5.90. The highest BCUT2D eigenvalue weighted by Crippen LogP contribution is 2.15. The topological polar surface area (TPSA) is 38.3 Å². The zero-order chi connectivity index (χ0) is 14.3. The number of benzene rings is 1. The van der Waals surface area contributed by atoms with Gasteiger partial charge in [-0.25, -0.2) is 0 Å². The minimum atomic E-state index is 0.0684. The largest absolute Gasteiger partial charge is 0.383 e. The minimum absolute atomic E-state index is 0.0684. The molecule has 0 radical (unpaired) electrons. The lowest BCUT2D eigenvalue weighted by Gasteiger charge is -2.12. The van der Waals surface area contributed by atoms with Gasteiger partial charge in [0.15, 0.2) is 0 Å². The van der Waals surface area contributed by atoms with E-state index in [9.17, 15) is 4.79 Å². The van der Waals surface area contributed by atoms with Crippen LogP contribution in [-0.2, 0) is 15.3 Å². The molecule has 1 amide bonds. The molecule has 0 aromatic heterocycles. The summed E-state index contributed by atoms with van der Waals surface area (Å²) in [5, 5.41) is 2.91. The van der Waals surface area contributed by atoms with Crippen LogP contribution in [0.2, 0.25) is 0 Å². The predicted octanol–water partition coefficient (Wildman–Crippen LogP) is 2.69. The first-order valence-corrected chi connectivity index (χ1v) is 7.60. The molecule has 1 aromatic rings. The number of thioether (sulfide) groups is 1. The molecule has 1 N–H and O–H groups in total. The lowest BCUT2D eigenvalue weighted by Crippen LogP contribution is -2.36. The molecular weight excluding hydrogens is 258 g/mol. The molecule has 106 valence electrons. The third-order valence-electron chi connectivity index (χ3n) is 2.61. The van der Waals surface area contributed by atoms with Gasteiger partial charge in [-0.05, 0) is 26.3 Å². The molecule has 0 heterocycles. The average Bonchev–Trinajstić information content (AvgIpc) is 2.27. The fourth-order valence-corrected chi connectivity index (χ4v) is 2.80. The Morgan fingerprint density at radius 2 is 1.95 bits per heavy atom. The van der Waals surface area contributed by atoms with Gasteiger partial charge < -0.3 is 10.1 Å². The molecule has 0 saturated carbocycles. The van der Waals surface area contributed by atoms with Gasteiger partial charge in [-0.2, -0.15) is 0 Å². The van der Waals surface area contributed by atoms with E-state index < -0.39 is 0 Å². The van der Waals surface area contributed by atoms with E-state index in [0.717, 1.165) is 5.75 Å². The number of aryl methyl sites for hydroxylation is 2. The van der Waals surface area contributed by atoms with Crippen molar-refractivity contribution in [1.29, 1.82) is 0 Å². The highest BCUT2D eigenvalue weighted by atomic mass is 32.2. The number of nitrogens with one attached hydrogen (secondary N) is 1. The van der Waals surface area contributed by atoms with Crippen molar-refractivity contribution in [2.75, 3.05) is 19.5 Å². The van der Waals surface area contributed by atoms with Gasteiger partial charge >= 0.3 is 0 Å². The summed E-state index contributed by atoms with van der Waals surface area (Å²) in [6.45, 7) is 6.68. The Morgan fingerprint density at radius 3 is 2.53 bits per heavy atom. The number of amides is 1. The van der Waals surface area contributed by atoms with Gasteiger partial charge in [0, 0.05) is 18.9 Å². The third kappa shape index (κ3) is 6.64. The summed E-state index contributed by atoms with van der Waals surface area (Å²) in [6, 6.07) is 6.57. The van der Waals surface area contributed by atoms with Crippen LogP contribution in [0.4, 0.5) is 0 Å². The summed E-state index contributed by atoms with van der Waals surface area (Å²) < 4.78 is 4.98. The van der Waals surface area contributed by atoms with Crippen LogP contribution in [0, 0.1) is 13.8 Å².